The summed E-state index contributed by atoms with van der Waals surface area (Å²) in [6, 6.07) is 2.42. The smallest absolute Gasteiger partial charge is 0.276 e. The second-order valence-electron chi connectivity index (χ2n) is 6.81. The first-order valence-electron chi connectivity index (χ1n) is 8.29. The number of halogens is 1. The molecule has 0 aromatic carbocycles. The van der Waals surface area contributed by atoms with E-state index in [1.807, 2.05) is 11.0 Å². The Labute approximate surface area is 137 Å². The summed E-state index contributed by atoms with van der Waals surface area (Å²) in [6.45, 7) is 2.81. The minimum atomic E-state index is 0. The molecule has 122 valence electrons. The van der Waals surface area contributed by atoms with E-state index in [1.165, 1.54) is 25.7 Å². The van der Waals surface area contributed by atoms with E-state index in [0.717, 1.165) is 44.2 Å². The fraction of sp³-hybridized carbons (Fsp3) is 0.750. The zero-order chi connectivity index (χ0) is 14.2. The molecule has 3 fully saturated rings. The molecule has 2 heterocycles. The predicted molar refractivity (Wildman–Crippen MR) is 85.4 cm³/mol. The van der Waals surface area contributed by atoms with Crippen molar-refractivity contribution in [2.75, 3.05) is 19.6 Å². The van der Waals surface area contributed by atoms with E-state index in [0.29, 0.717) is 17.7 Å². The maximum atomic E-state index is 12.4. The number of likely N-dealkylation sites (tertiary alicyclic amines) is 1. The summed E-state index contributed by atoms with van der Waals surface area (Å²) in [5.74, 6) is 2.35. The Morgan fingerprint density at radius 1 is 1.23 bits per heavy atom. The van der Waals surface area contributed by atoms with Gasteiger partial charge in [-0.1, -0.05) is 5.16 Å². The first-order chi connectivity index (χ1) is 10.3. The standard InChI is InChI=1S/C16H23N3O2.ClH/c20-16(14-9-15(21-18-14)12-3-4-12)19-7-5-13(6-8-19)17-10-11-1-2-11;/h9,11-13,17H,1-8,10H2;1H. The van der Waals surface area contributed by atoms with Crippen LogP contribution in [0.2, 0.25) is 0 Å². The third-order valence-corrected chi connectivity index (χ3v) is 4.90. The summed E-state index contributed by atoms with van der Waals surface area (Å²) in [5.41, 5.74) is 0.487. The quantitative estimate of drug-likeness (QED) is 0.904. The summed E-state index contributed by atoms with van der Waals surface area (Å²) >= 11 is 0. The Morgan fingerprint density at radius 2 is 1.95 bits per heavy atom. The van der Waals surface area contributed by atoms with E-state index in [2.05, 4.69) is 10.5 Å². The van der Waals surface area contributed by atoms with Crippen LogP contribution in [0.5, 0.6) is 0 Å². The van der Waals surface area contributed by atoms with Gasteiger partial charge in [0.05, 0.1) is 0 Å². The van der Waals surface area contributed by atoms with Gasteiger partial charge in [-0.25, -0.2) is 0 Å². The van der Waals surface area contributed by atoms with Crippen molar-refractivity contribution in [3.63, 3.8) is 0 Å². The monoisotopic (exact) mass is 325 g/mol. The van der Waals surface area contributed by atoms with E-state index in [-0.39, 0.29) is 18.3 Å². The molecule has 4 rings (SSSR count). The van der Waals surface area contributed by atoms with Gasteiger partial charge in [0.1, 0.15) is 5.76 Å². The van der Waals surface area contributed by atoms with Crippen molar-refractivity contribution in [3.8, 4) is 0 Å². The summed E-state index contributed by atoms with van der Waals surface area (Å²) in [6.07, 6.45) is 7.21. The molecule has 2 aliphatic carbocycles. The number of rotatable bonds is 5. The normalized spacial score (nSPS) is 22.5. The Bertz CT molecular complexity index is 517. The van der Waals surface area contributed by atoms with Gasteiger partial charge < -0.3 is 14.7 Å². The average molecular weight is 326 g/mol. The minimum absolute atomic E-state index is 0. The molecule has 0 atom stereocenters. The van der Waals surface area contributed by atoms with Gasteiger partial charge in [0, 0.05) is 31.1 Å². The van der Waals surface area contributed by atoms with Crippen LogP contribution >= 0.6 is 12.4 Å². The van der Waals surface area contributed by atoms with E-state index < -0.39 is 0 Å². The van der Waals surface area contributed by atoms with Crippen LogP contribution in [0.1, 0.15) is 60.7 Å². The molecule has 1 aliphatic heterocycles. The average Bonchev–Trinajstić information content (AvgIpc) is 3.45. The molecule has 1 aromatic rings. The number of hydrogen-bond donors (Lipinski definition) is 1. The predicted octanol–water partition coefficient (Wildman–Crippen LogP) is 2.58. The molecule has 5 nitrogen and oxygen atoms in total. The highest BCUT2D eigenvalue weighted by atomic mass is 35.5. The lowest BCUT2D eigenvalue weighted by molar-refractivity contribution is 0.0694. The molecule has 2 saturated carbocycles. The Morgan fingerprint density at radius 3 is 2.59 bits per heavy atom. The molecule has 0 spiro atoms. The lowest BCUT2D eigenvalue weighted by Gasteiger charge is -2.32. The molecule has 6 heteroatoms. The summed E-state index contributed by atoms with van der Waals surface area (Å²) in [5, 5.41) is 7.60. The molecule has 0 bridgehead atoms. The van der Waals surface area contributed by atoms with E-state index >= 15 is 0 Å². The maximum absolute atomic E-state index is 12.4. The highest BCUT2D eigenvalue weighted by Crippen LogP contribution is 2.40. The van der Waals surface area contributed by atoms with Crippen molar-refractivity contribution in [2.45, 2.75) is 50.5 Å². The first-order valence-corrected chi connectivity index (χ1v) is 8.29. The highest BCUT2D eigenvalue weighted by Gasteiger charge is 2.31. The number of hydrogen-bond acceptors (Lipinski definition) is 4. The van der Waals surface area contributed by atoms with Crippen molar-refractivity contribution in [3.05, 3.63) is 17.5 Å². The minimum Gasteiger partial charge on any atom is -0.360 e. The van der Waals surface area contributed by atoms with Gasteiger partial charge in [-0.05, 0) is 51.0 Å². The molecular formula is C16H24ClN3O2. The topological polar surface area (TPSA) is 58.4 Å². The number of amides is 1. The van der Waals surface area contributed by atoms with Gasteiger partial charge in [0.15, 0.2) is 5.69 Å². The van der Waals surface area contributed by atoms with Gasteiger partial charge >= 0.3 is 0 Å². The molecular weight excluding hydrogens is 302 g/mol. The molecule has 0 unspecified atom stereocenters. The fourth-order valence-corrected chi connectivity index (χ4v) is 3.05. The molecule has 1 saturated heterocycles. The SMILES string of the molecule is Cl.O=C(c1cc(C2CC2)on1)N1CCC(NCC2CC2)CC1. The van der Waals surface area contributed by atoms with Gasteiger partial charge in [-0.2, -0.15) is 0 Å². The number of piperidine rings is 1. The van der Waals surface area contributed by atoms with Crippen LogP contribution in [-0.4, -0.2) is 41.6 Å². The molecule has 1 amide bonds. The molecule has 0 radical (unpaired) electrons. The lowest BCUT2D eigenvalue weighted by Crippen LogP contribution is -2.45. The van der Waals surface area contributed by atoms with Crippen molar-refractivity contribution in [2.24, 2.45) is 5.92 Å². The van der Waals surface area contributed by atoms with Crippen molar-refractivity contribution in [1.29, 1.82) is 0 Å². The number of nitrogens with one attached hydrogen (secondary N) is 1. The van der Waals surface area contributed by atoms with E-state index in [4.69, 9.17) is 4.52 Å². The highest BCUT2D eigenvalue weighted by molar-refractivity contribution is 5.92. The van der Waals surface area contributed by atoms with Crippen molar-refractivity contribution >= 4 is 18.3 Å². The molecule has 22 heavy (non-hydrogen) atoms. The Balaban J connectivity index is 0.00000144. The number of carbonyl (C=O) groups is 1. The zero-order valence-corrected chi connectivity index (χ0v) is 13.6. The lowest BCUT2D eigenvalue weighted by atomic mass is 10.0. The van der Waals surface area contributed by atoms with Gasteiger partial charge in [0.25, 0.3) is 5.91 Å². The van der Waals surface area contributed by atoms with E-state index in [1.54, 1.807) is 0 Å². The van der Waals surface area contributed by atoms with Gasteiger partial charge in [-0.15, -0.1) is 12.4 Å². The van der Waals surface area contributed by atoms with Crippen molar-refractivity contribution in [1.82, 2.24) is 15.4 Å². The molecule has 1 N–H and O–H groups in total. The van der Waals surface area contributed by atoms with Crippen LogP contribution in [0.25, 0.3) is 0 Å². The van der Waals surface area contributed by atoms with Gasteiger partial charge in [-0.3, -0.25) is 4.79 Å². The molecule has 1 aromatic heterocycles. The van der Waals surface area contributed by atoms with Crippen LogP contribution in [0, 0.1) is 5.92 Å². The number of nitrogens with zero attached hydrogens (tertiary/aromatic N) is 2. The second-order valence-corrected chi connectivity index (χ2v) is 6.81. The van der Waals surface area contributed by atoms with Gasteiger partial charge in [0.2, 0.25) is 0 Å². The number of carbonyl (C=O) groups excluding carboxylic acids is 1. The fourth-order valence-electron chi connectivity index (χ4n) is 3.05. The summed E-state index contributed by atoms with van der Waals surface area (Å²) < 4.78 is 5.28. The van der Waals surface area contributed by atoms with E-state index in [9.17, 15) is 4.79 Å². The Hall–Kier alpha value is -1.07. The maximum Gasteiger partial charge on any atom is 0.276 e. The largest absolute Gasteiger partial charge is 0.360 e. The van der Waals surface area contributed by atoms with Crippen LogP contribution in [0.15, 0.2) is 10.6 Å². The molecule has 3 aliphatic rings. The second kappa shape index (κ2) is 6.59. The van der Waals surface area contributed by atoms with Crippen LogP contribution in [-0.2, 0) is 0 Å². The third kappa shape index (κ3) is 3.63. The Kier molecular flexibility index (Phi) is 4.73. The zero-order valence-electron chi connectivity index (χ0n) is 12.8. The van der Waals surface area contributed by atoms with Crippen molar-refractivity contribution < 1.29 is 9.32 Å². The first kappa shape index (κ1) is 15.8. The third-order valence-electron chi connectivity index (χ3n) is 4.90. The summed E-state index contributed by atoms with van der Waals surface area (Å²) in [4.78, 5) is 14.3. The number of aromatic nitrogens is 1. The van der Waals surface area contributed by atoms with Crippen LogP contribution in [0.4, 0.5) is 0 Å². The summed E-state index contributed by atoms with van der Waals surface area (Å²) in [7, 11) is 0. The van der Waals surface area contributed by atoms with Crippen LogP contribution in [0.3, 0.4) is 0 Å². The van der Waals surface area contributed by atoms with Crippen LogP contribution < -0.4 is 5.32 Å².